The summed E-state index contributed by atoms with van der Waals surface area (Å²) in [5, 5.41) is -0.338. The molecule has 0 saturated heterocycles. The second-order valence-corrected chi connectivity index (χ2v) is 42.5. The van der Waals surface area contributed by atoms with Gasteiger partial charge in [0.1, 0.15) is 65.7 Å². The number of hydrogen-bond acceptors (Lipinski definition) is 26. The van der Waals surface area contributed by atoms with Crippen molar-refractivity contribution < 1.29 is 109 Å². The maximum Gasteiger partial charge on any atom is 0.294 e. The van der Waals surface area contributed by atoms with Gasteiger partial charge in [-0.1, -0.05) is 256 Å². The predicted octanol–water partition coefficient (Wildman–Crippen LogP) is 29.3. The third-order valence-electron chi connectivity index (χ3n) is 24.2. The second kappa shape index (κ2) is 52.2. The lowest BCUT2D eigenvalue weighted by Crippen LogP contribution is -2.06. The second-order valence-electron chi connectivity index (χ2n) is 35.3. The van der Waals surface area contributed by atoms with Gasteiger partial charge >= 0.3 is 0 Å². The monoisotopic (exact) mass is 2140 g/mol. The van der Waals surface area contributed by atoms with Crippen LogP contribution in [0.15, 0.2) is 117 Å². The lowest BCUT2D eigenvalue weighted by atomic mass is 10.0. The van der Waals surface area contributed by atoms with Crippen molar-refractivity contribution in [3.63, 3.8) is 0 Å². The first-order valence-electron chi connectivity index (χ1n) is 49.8. The first kappa shape index (κ1) is 111. The van der Waals surface area contributed by atoms with Crippen LogP contribution in [-0.2, 0) is 40.5 Å². The highest BCUT2D eigenvalue weighted by Crippen LogP contribution is 2.62. The Morgan fingerprint density at radius 2 is 0.396 bits per heavy atom. The van der Waals surface area contributed by atoms with E-state index in [-0.39, 0.29) is 255 Å². The Bertz CT molecular complexity index is 6560. The van der Waals surface area contributed by atoms with E-state index in [1.165, 1.54) is 48.5 Å². The van der Waals surface area contributed by atoms with Crippen molar-refractivity contribution >= 4 is 131 Å². The molecule has 0 radical (unpaired) electrons. The van der Waals surface area contributed by atoms with E-state index in [1.54, 1.807) is 0 Å². The van der Waals surface area contributed by atoms with E-state index in [2.05, 4.69) is 65.4 Å². The molecule has 40 heteroatoms. The summed E-state index contributed by atoms with van der Waals surface area (Å²) in [4.78, 5) is 39.7. The Hall–Kier alpha value is -10.5. The van der Waals surface area contributed by atoms with Gasteiger partial charge in [0, 0.05) is 0 Å². The molecule has 5 heterocycles. The van der Waals surface area contributed by atoms with Crippen molar-refractivity contribution in [3.8, 4) is 138 Å². The fourth-order valence-electron chi connectivity index (χ4n) is 16.6. The molecule has 6 N–H and O–H groups in total. The van der Waals surface area contributed by atoms with E-state index < -0.39 is 60.1 Å². The van der Waals surface area contributed by atoms with Crippen molar-refractivity contribution in [2.24, 2.45) is 0 Å². The van der Waals surface area contributed by atoms with Crippen molar-refractivity contribution in [1.29, 1.82) is 0 Å². The number of aromatic amines is 2. The van der Waals surface area contributed by atoms with E-state index in [0.717, 1.165) is 151 Å². The molecular weight excluding hydrogens is 2020 g/mol. The van der Waals surface area contributed by atoms with Gasteiger partial charge in [0.15, 0.2) is 92.3 Å². The van der Waals surface area contributed by atoms with Crippen LogP contribution in [0.2, 0.25) is 20.1 Å². The minimum atomic E-state index is -4.75. The number of benzene rings is 8. The average Bonchev–Trinajstić information content (AvgIpc) is 1.55. The van der Waals surface area contributed by atoms with Gasteiger partial charge in [-0.15, -0.1) is 0 Å². The Labute approximate surface area is 861 Å². The summed E-state index contributed by atoms with van der Waals surface area (Å²) in [6, 6.07) is 20.0. The summed E-state index contributed by atoms with van der Waals surface area (Å²) >= 11 is 32.4. The third-order valence-corrected chi connectivity index (χ3v) is 29.0. The molecular formula is C104H126Cl4N8O24S4. The first-order valence-corrected chi connectivity index (χ1v) is 57.1. The minimum absolute atomic E-state index is 0.00674. The molecule has 144 heavy (non-hydrogen) atoms. The molecule has 13 rings (SSSR count). The van der Waals surface area contributed by atoms with E-state index in [4.69, 9.17) is 133 Å². The summed E-state index contributed by atoms with van der Waals surface area (Å²) in [5.74, 6) is -1.76. The van der Waals surface area contributed by atoms with Crippen LogP contribution in [0.5, 0.6) is 92.0 Å². The zero-order chi connectivity index (χ0) is 103. The van der Waals surface area contributed by atoms with Crippen LogP contribution in [0.25, 0.3) is 89.7 Å². The fraction of sp³-hybridized carbons (Fsp3) is 0.462. The van der Waals surface area contributed by atoms with Crippen molar-refractivity contribution in [2.45, 2.75) is 280 Å². The van der Waals surface area contributed by atoms with Crippen LogP contribution in [0, 0.1) is 0 Å². The molecule has 0 unspecified atom stereocenters. The normalized spacial score (nSPS) is 12.1. The Balaban J connectivity index is 1.34. The summed E-state index contributed by atoms with van der Waals surface area (Å²) in [7, 11) is -19.0. The predicted molar refractivity (Wildman–Crippen MR) is 559 cm³/mol. The molecule has 8 bridgehead atoms. The van der Waals surface area contributed by atoms with E-state index in [9.17, 15) is 51.9 Å². The number of unbranched alkanes of at least 4 members (excludes halogenated alkanes) is 24. The number of H-pyrrole nitrogens is 2. The molecule has 2 aliphatic heterocycles. The van der Waals surface area contributed by atoms with Gasteiger partial charge in [-0.2, -0.15) is 33.7 Å². The zero-order valence-corrected chi connectivity index (χ0v) is 88.6. The molecule has 0 atom stereocenters. The molecule has 0 saturated carbocycles. The van der Waals surface area contributed by atoms with E-state index >= 15 is 0 Å². The average molecular weight is 2140 g/mol. The Morgan fingerprint density at radius 3 is 0.604 bits per heavy atom. The molecule has 32 nitrogen and oxygen atoms in total. The molecule has 0 fully saturated rings. The number of ether oxygens (including phenoxy) is 12. The molecule has 8 aromatic carbocycles. The largest absolute Gasteiger partial charge is 0.491 e. The van der Waals surface area contributed by atoms with Crippen LogP contribution in [-0.4, -0.2) is 145 Å². The molecule has 0 amide bonds. The van der Waals surface area contributed by atoms with Crippen LogP contribution < -0.4 is 56.8 Å². The maximum absolute atomic E-state index is 12.8. The van der Waals surface area contributed by atoms with Gasteiger partial charge < -0.3 is 66.8 Å². The van der Waals surface area contributed by atoms with Gasteiger partial charge in [-0.05, 0) is 148 Å². The molecule has 11 aromatic rings. The van der Waals surface area contributed by atoms with Gasteiger partial charge in [0.25, 0.3) is 40.5 Å². The van der Waals surface area contributed by atoms with Crippen molar-refractivity contribution in [1.82, 2.24) is 39.9 Å². The van der Waals surface area contributed by atoms with Gasteiger partial charge in [0.2, 0.25) is 0 Å². The molecule has 3 aromatic heterocycles. The van der Waals surface area contributed by atoms with Gasteiger partial charge in [0.05, 0.1) is 116 Å². The first-order chi connectivity index (χ1) is 69.4. The van der Waals surface area contributed by atoms with Crippen LogP contribution in [0.4, 0.5) is 0 Å². The van der Waals surface area contributed by atoms with Crippen LogP contribution in [0.3, 0.4) is 0 Å². The topological polar surface area (TPSA) is 437 Å². The molecule has 0 spiro atoms. The number of fused-ring (bicyclic) bond motifs is 20. The number of nitrogens with zero attached hydrogens (tertiary/aromatic N) is 6. The number of hydrogen-bond donors (Lipinski definition) is 6. The lowest BCUT2D eigenvalue weighted by molar-refractivity contribution is 0.287. The number of nitrogens with one attached hydrogen (secondary N) is 2. The van der Waals surface area contributed by atoms with Crippen molar-refractivity contribution in [3.05, 3.63) is 117 Å². The van der Waals surface area contributed by atoms with Crippen LogP contribution in [0.1, 0.15) is 261 Å². The summed E-state index contributed by atoms with van der Waals surface area (Å²) in [5.41, 5.74) is -0.115. The highest BCUT2D eigenvalue weighted by atomic mass is 35.5. The number of halogens is 4. The van der Waals surface area contributed by atoms with Gasteiger partial charge in [-0.3, -0.25) is 18.2 Å². The highest BCUT2D eigenvalue weighted by Gasteiger charge is 2.41. The lowest BCUT2D eigenvalue weighted by Gasteiger charge is -2.21. The minimum Gasteiger partial charge on any atom is -0.491 e. The smallest absolute Gasteiger partial charge is 0.294 e. The van der Waals surface area contributed by atoms with Gasteiger partial charge in [-0.25, -0.2) is 29.9 Å². The molecule has 2 aliphatic rings. The van der Waals surface area contributed by atoms with E-state index in [0.29, 0.717) is 103 Å². The van der Waals surface area contributed by atoms with Crippen molar-refractivity contribution in [2.75, 3.05) is 52.9 Å². The Morgan fingerprint density at radius 1 is 0.222 bits per heavy atom. The molecule has 0 aliphatic carbocycles. The Kier molecular flexibility index (Phi) is 40.2. The standard InChI is InChI=1S/C104H126Cl4N8O24S4/c1-9-17-25-33-57-129-85-73-77(89(133-61-37-29-21-13-5)93(81(85)105)137-65-41-49-69(50-42-65)141(117,118)119)101-109-97(73)113-102-78-74(86(130-58-34-26-18-10-2)82(106)94(90(78)134-62-38-30-22-14-6)138-66-43-51-70(52-44-66)142(120,121)122)99(110-102)115-104-80-76(88(132-60-36-28-20-12-4)84(108)96(92(80)136-64-40-32-24-16-8)140-68-47-55-72(56-48-68)144(126,127)128)100(112-104)116-103-79-75(98(111-103)114-101)87(131-59-35-27-19-11-3)83(107)95(91(79)135-63-39-31-23-15-7)139-67-45-53-71(54-46-67)143(123,124)125/h41-56H,9-40,57-64H2,1-8H3,(H,117,118,119)(H,120,121,122)(H,123,124,125)(H,126,127,128)(H2,109,110,111,112,113,114,115,116). The highest BCUT2D eigenvalue weighted by molar-refractivity contribution is 7.86. The zero-order valence-electron chi connectivity index (χ0n) is 82.3. The third kappa shape index (κ3) is 27.5. The van der Waals surface area contributed by atoms with Crippen LogP contribution >= 0.6 is 46.4 Å². The number of aromatic nitrogens is 8. The summed E-state index contributed by atoms with van der Waals surface area (Å²) in [6.07, 6.45) is 22.9. The quantitative estimate of drug-likeness (QED) is 0.0152. The van der Waals surface area contributed by atoms with E-state index in [1.807, 2.05) is 0 Å². The molecule has 778 valence electrons. The maximum atomic E-state index is 12.8. The fourth-order valence-corrected chi connectivity index (χ4v) is 19.6. The summed E-state index contributed by atoms with van der Waals surface area (Å²) < 4.78 is 229. The summed E-state index contributed by atoms with van der Waals surface area (Å²) in [6.45, 7) is 16.7. The number of rotatable bonds is 60. The SMILES string of the molecule is CCCCCCOc1c(Cl)c(Oc2ccc(S(=O)(=O)O)cc2)c(OCCCCCC)c2c1-c1nc-2nc2[nH]c(nc3nc(nc4[nH]c(n1)c1c(OCCCCCC)c(Oc5ccc(S(=O)(=O)O)cc5)c(Cl)c(OCCCCCC)c41)-c1c(OCCCCCC)c(Oc4ccc(S(=O)(=O)O)cc4)c(Cl)c(OCCCCCC)c1-3)c1c(OCCCCCC)c(Oc3ccc(S(=O)(=O)O)cc3)c(Cl)c(OCCCCCC)c21.